The van der Waals surface area contributed by atoms with Crippen molar-refractivity contribution in [2.45, 2.75) is 38.6 Å². The second-order valence-corrected chi connectivity index (χ2v) is 9.72. The Morgan fingerprint density at radius 3 is 2.27 bits per heavy atom. The first-order chi connectivity index (χ1) is 15.6. The highest BCUT2D eigenvalue weighted by atomic mass is 16.5. The quantitative estimate of drug-likeness (QED) is 0.385. The summed E-state index contributed by atoms with van der Waals surface area (Å²) >= 11 is 0. The zero-order valence-electron chi connectivity index (χ0n) is 20.4. The summed E-state index contributed by atoms with van der Waals surface area (Å²) in [6, 6.07) is 14.2. The van der Waals surface area contributed by atoms with Crippen molar-refractivity contribution in [3.63, 3.8) is 0 Å². The van der Waals surface area contributed by atoms with Gasteiger partial charge in [0.15, 0.2) is 0 Å². The van der Waals surface area contributed by atoms with E-state index in [1.165, 1.54) is 7.11 Å². The van der Waals surface area contributed by atoms with Gasteiger partial charge in [0, 0.05) is 6.54 Å². The Hall–Kier alpha value is -3.12. The van der Waals surface area contributed by atoms with Crippen LogP contribution in [-0.2, 0) is 15.0 Å². The van der Waals surface area contributed by atoms with Crippen LogP contribution >= 0.6 is 0 Å². The van der Waals surface area contributed by atoms with Gasteiger partial charge >= 0.3 is 0 Å². The number of amides is 1. The number of nitrogens with zero attached hydrogens (tertiary/aromatic N) is 2. The van der Waals surface area contributed by atoms with Gasteiger partial charge in [0.05, 0.1) is 24.3 Å². The summed E-state index contributed by atoms with van der Waals surface area (Å²) in [5.41, 5.74) is 2.41. The van der Waals surface area contributed by atoms with Crippen molar-refractivity contribution in [3.8, 4) is 5.75 Å². The predicted molar refractivity (Wildman–Crippen MR) is 130 cm³/mol. The van der Waals surface area contributed by atoms with Gasteiger partial charge in [-0.2, -0.15) is 0 Å². The van der Waals surface area contributed by atoms with Gasteiger partial charge in [0.25, 0.3) is 11.7 Å². The molecular formula is C27H34N2O4. The fraction of sp³-hybridized carbons (Fsp3) is 0.407. The zero-order valence-corrected chi connectivity index (χ0v) is 20.4. The van der Waals surface area contributed by atoms with Gasteiger partial charge in [-0.15, -0.1) is 0 Å². The van der Waals surface area contributed by atoms with E-state index in [4.69, 9.17) is 4.74 Å². The number of para-hydroxylation sites is 1. The molecule has 6 heteroatoms. The maximum absolute atomic E-state index is 13.2. The number of hydrogen-bond acceptors (Lipinski definition) is 5. The third kappa shape index (κ3) is 5.11. The first-order valence-corrected chi connectivity index (χ1v) is 11.2. The summed E-state index contributed by atoms with van der Waals surface area (Å²) in [4.78, 5) is 29.9. The van der Waals surface area contributed by atoms with Crippen LogP contribution in [0.2, 0.25) is 0 Å². The molecule has 1 heterocycles. The minimum absolute atomic E-state index is 0.0243. The molecule has 0 aliphatic carbocycles. The number of Topliss-reactive ketones (excluding diaryl/α,β-unsaturated/α-hetero) is 1. The average Bonchev–Trinajstić information content (AvgIpc) is 3.03. The summed E-state index contributed by atoms with van der Waals surface area (Å²) in [5, 5.41) is 11.3. The molecular weight excluding hydrogens is 416 g/mol. The van der Waals surface area contributed by atoms with Crippen LogP contribution < -0.4 is 4.74 Å². The first-order valence-electron chi connectivity index (χ1n) is 11.2. The largest absolute Gasteiger partial charge is 0.507 e. The summed E-state index contributed by atoms with van der Waals surface area (Å²) in [5.74, 6) is -1.04. The Balaban J connectivity index is 2.13. The maximum atomic E-state index is 13.2. The number of hydrogen-bond donors (Lipinski definition) is 1. The highest BCUT2D eigenvalue weighted by Gasteiger charge is 2.46. The third-order valence-electron chi connectivity index (χ3n) is 6.00. The van der Waals surface area contributed by atoms with Crippen molar-refractivity contribution in [3.05, 3.63) is 70.8 Å². The molecule has 176 valence electrons. The average molecular weight is 451 g/mol. The van der Waals surface area contributed by atoms with Crippen molar-refractivity contribution in [2.75, 3.05) is 34.3 Å². The van der Waals surface area contributed by atoms with Gasteiger partial charge in [0.1, 0.15) is 11.5 Å². The minimum atomic E-state index is -0.673. The predicted octanol–water partition coefficient (Wildman–Crippen LogP) is 4.37. The van der Waals surface area contributed by atoms with Gasteiger partial charge in [-0.25, -0.2) is 0 Å². The van der Waals surface area contributed by atoms with E-state index >= 15 is 0 Å². The third-order valence-corrected chi connectivity index (χ3v) is 6.00. The molecule has 1 unspecified atom stereocenters. The fourth-order valence-electron chi connectivity index (χ4n) is 4.17. The topological polar surface area (TPSA) is 70.1 Å². The van der Waals surface area contributed by atoms with E-state index in [-0.39, 0.29) is 16.7 Å². The molecule has 2 aromatic rings. The summed E-state index contributed by atoms with van der Waals surface area (Å²) in [6.07, 6.45) is 0.714. The Kier molecular flexibility index (Phi) is 7.28. The molecule has 1 aliphatic heterocycles. The van der Waals surface area contributed by atoms with Crippen LogP contribution in [0.1, 0.15) is 49.9 Å². The Bertz CT molecular complexity index is 1050. The number of ether oxygens (including phenoxy) is 1. The van der Waals surface area contributed by atoms with Gasteiger partial charge < -0.3 is 19.6 Å². The first kappa shape index (κ1) is 24.5. The van der Waals surface area contributed by atoms with Crippen LogP contribution in [0.5, 0.6) is 5.75 Å². The molecule has 1 atom stereocenters. The molecule has 0 bridgehead atoms. The maximum Gasteiger partial charge on any atom is 0.295 e. The van der Waals surface area contributed by atoms with Crippen molar-refractivity contribution < 1.29 is 19.4 Å². The van der Waals surface area contributed by atoms with E-state index in [0.717, 1.165) is 17.7 Å². The molecule has 0 radical (unpaired) electrons. The molecule has 3 rings (SSSR count). The number of aliphatic hydroxyl groups is 1. The van der Waals surface area contributed by atoms with Gasteiger partial charge in [-0.05, 0) is 55.7 Å². The smallest absolute Gasteiger partial charge is 0.295 e. The van der Waals surface area contributed by atoms with Crippen LogP contribution in [0.15, 0.2) is 54.1 Å². The number of aliphatic hydroxyl groups excluding tert-OH is 1. The lowest BCUT2D eigenvalue weighted by Crippen LogP contribution is -2.32. The molecule has 1 N–H and O–H groups in total. The molecule has 0 saturated carbocycles. The normalized spacial score (nSPS) is 18.3. The van der Waals surface area contributed by atoms with Gasteiger partial charge in [-0.3, -0.25) is 9.59 Å². The van der Waals surface area contributed by atoms with Crippen LogP contribution in [0.25, 0.3) is 5.76 Å². The summed E-state index contributed by atoms with van der Waals surface area (Å²) in [6.45, 7) is 7.60. The molecule has 33 heavy (non-hydrogen) atoms. The monoisotopic (exact) mass is 450 g/mol. The van der Waals surface area contributed by atoms with Crippen LogP contribution in [0.4, 0.5) is 0 Å². The molecule has 6 nitrogen and oxygen atoms in total. The van der Waals surface area contributed by atoms with Gasteiger partial charge in [-0.1, -0.05) is 57.2 Å². The number of likely N-dealkylation sites (tertiary alicyclic amines) is 1. The van der Waals surface area contributed by atoms with Crippen LogP contribution in [0, 0.1) is 0 Å². The number of methoxy groups -OCH3 is 1. The molecule has 2 aromatic carbocycles. The number of carbonyl (C=O) groups is 2. The Labute approximate surface area is 196 Å². The standard InChI is InChI=1S/C27H34N2O4/c1-27(2,3)19-14-12-18(13-15-19)23-22(24(30)20-10-7-8-11-21(20)33-6)25(31)26(32)29(23)17-9-16-28(4)5/h7-8,10-15,23,30H,9,16-17H2,1-6H3/b24-22+. The van der Waals surface area contributed by atoms with E-state index in [1.54, 1.807) is 29.2 Å². The molecule has 1 saturated heterocycles. The number of carbonyl (C=O) groups excluding carboxylic acids is 2. The lowest BCUT2D eigenvalue weighted by molar-refractivity contribution is -0.139. The highest BCUT2D eigenvalue weighted by Crippen LogP contribution is 2.41. The highest BCUT2D eigenvalue weighted by molar-refractivity contribution is 6.46. The molecule has 1 fully saturated rings. The second kappa shape index (κ2) is 9.79. The van der Waals surface area contributed by atoms with Crippen molar-refractivity contribution >= 4 is 17.4 Å². The summed E-state index contributed by atoms with van der Waals surface area (Å²) in [7, 11) is 5.45. The molecule has 1 aliphatic rings. The van der Waals surface area contributed by atoms with E-state index < -0.39 is 17.7 Å². The van der Waals surface area contributed by atoms with E-state index in [9.17, 15) is 14.7 Å². The lowest BCUT2D eigenvalue weighted by atomic mass is 9.85. The minimum Gasteiger partial charge on any atom is -0.507 e. The Morgan fingerprint density at radius 2 is 1.70 bits per heavy atom. The number of rotatable bonds is 7. The Morgan fingerprint density at radius 1 is 1.06 bits per heavy atom. The summed E-state index contributed by atoms with van der Waals surface area (Å²) < 4.78 is 5.39. The van der Waals surface area contributed by atoms with Gasteiger partial charge in [0.2, 0.25) is 0 Å². The van der Waals surface area contributed by atoms with Crippen molar-refractivity contribution in [2.24, 2.45) is 0 Å². The fourth-order valence-corrected chi connectivity index (χ4v) is 4.17. The van der Waals surface area contributed by atoms with Crippen LogP contribution in [0.3, 0.4) is 0 Å². The van der Waals surface area contributed by atoms with Crippen molar-refractivity contribution in [1.29, 1.82) is 0 Å². The van der Waals surface area contributed by atoms with Crippen molar-refractivity contribution in [1.82, 2.24) is 9.80 Å². The SMILES string of the molecule is COc1ccccc1/C(O)=C1\C(=O)C(=O)N(CCCN(C)C)C1c1ccc(C(C)(C)C)cc1. The number of ketones is 1. The molecule has 1 amide bonds. The van der Waals surface area contributed by atoms with E-state index in [2.05, 4.69) is 20.8 Å². The van der Waals surface area contributed by atoms with Crippen LogP contribution in [-0.4, -0.2) is 60.9 Å². The molecule has 0 spiro atoms. The number of benzene rings is 2. The van der Waals surface area contributed by atoms with E-state index in [0.29, 0.717) is 24.3 Å². The van der Waals surface area contributed by atoms with E-state index in [1.807, 2.05) is 43.3 Å². The second-order valence-electron chi connectivity index (χ2n) is 9.72. The zero-order chi connectivity index (χ0) is 24.3. The molecule has 0 aromatic heterocycles. The lowest BCUT2D eigenvalue weighted by Gasteiger charge is -2.27.